The van der Waals surface area contributed by atoms with Crippen LogP contribution in [0.4, 0.5) is 8.78 Å². The molecule has 102 valence electrons. The van der Waals surface area contributed by atoms with Crippen LogP contribution in [0.25, 0.3) is 9.88 Å². The maximum absolute atomic E-state index is 12.9. The summed E-state index contributed by atoms with van der Waals surface area (Å²) in [6, 6.07) is 3.76. The van der Waals surface area contributed by atoms with Crippen LogP contribution in [0.2, 0.25) is 0 Å². The average Bonchev–Trinajstić information content (AvgIpc) is 3.05. The second-order valence-corrected chi connectivity index (χ2v) is 5.56. The molecule has 1 amide bonds. The van der Waals surface area contributed by atoms with E-state index in [1.807, 2.05) is 17.5 Å². The molecule has 2 aromatic heterocycles. The molecular weight excluding hydrogens is 292 g/mol. The SMILES string of the molecule is NCC(F)(F)CNC(=O)c1csc(-c2cccs2)n1. The number of nitrogens with zero attached hydrogens (tertiary/aromatic N) is 1. The Labute approximate surface area is 116 Å². The highest BCUT2D eigenvalue weighted by atomic mass is 32.1. The van der Waals surface area contributed by atoms with Gasteiger partial charge >= 0.3 is 0 Å². The third-order valence-electron chi connectivity index (χ3n) is 2.28. The van der Waals surface area contributed by atoms with Crippen molar-refractivity contribution in [2.24, 2.45) is 5.73 Å². The summed E-state index contributed by atoms with van der Waals surface area (Å²) in [7, 11) is 0. The molecule has 2 rings (SSSR count). The lowest BCUT2D eigenvalue weighted by atomic mass is 10.3. The van der Waals surface area contributed by atoms with E-state index >= 15 is 0 Å². The number of thiophene rings is 1. The molecule has 0 radical (unpaired) electrons. The van der Waals surface area contributed by atoms with Gasteiger partial charge in [-0.1, -0.05) is 6.07 Å². The van der Waals surface area contributed by atoms with E-state index in [4.69, 9.17) is 5.73 Å². The first-order chi connectivity index (χ1) is 9.02. The first kappa shape index (κ1) is 14.0. The summed E-state index contributed by atoms with van der Waals surface area (Å²) in [6.45, 7) is -1.58. The van der Waals surface area contributed by atoms with Crippen LogP contribution in [-0.4, -0.2) is 29.9 Å². The number of thiazole rings is 1. The minimum absolute atomic E-state index is 0.140. The van der Waals surface area contributed by atoms with Crippen molar-refractivity contribution in [2.75, 3.05) is 13.1 Å². The number of alkyl halides is 2. The van der Waals surface area contributed by atoms with Crippen molar-refractivity contribution in [3.63, 3.8) is 0 Å². The van der Waals surface area contributed by atoms with E-state index in [9.17, 15) is 13.6 Å². The standard InChI is InChI=1S/C11H11F2N3OS2/c12-11(13,5-14)6-15-9(17)7-4-19-10(16-7)8-2-1-3-18-8/h1-4H,5-6,14H2,(H,15,17). The summed E-state index contributed by atoms with van der Waals surface area (Å²) in [5.74, 6) is -3.71. The molecule has 3 N–H and O–H groups in total. The summed E-state index contributed by atoms with van der Waals surface area (Å²) in [6.07, 6.45) is 0. The van der Waals surface area contributed by atoms with Gasteiger partial charge in [-0.05, 0) is 11.4 Å². The summed E-state index contributed by atoms with van der Waals surface area (Å²) in [5.41, 5.74) is 5.03. The maximum Gasteiger partial charge on any atom is 0.277 e. The summed E-state index contributed by atoms with van der Waals surface area (Å²) < 4.78 is 25.8. The molecule has 0 atom stereocenters. The lowest BCUT2D eigenvalue weighted by Crippen LogP contribution is -2.41. The normalized spacial score (nSPS) is 11.5. The van der Waals surface area contributed by atoms with Gasteiger partial charge in [0.1, 0.15) is 10.7 Å². The molecule has 0 aliphatic heterocycles. The first-order valence-corrected chi connectivity index (χ1v) is 7.13. The summed E-state index contributed by atoms with van der Waals surface area (Å²) >= 11 is 2.80. The smallest absolute Gasteiger partial charge is 0.277 e. The van der Waals surface area contributed by atoms with Crippen LogP contribution in [0.1, 0.15) is 10.5 Å². The second kappa shape index (κ2) is 5.72. The van der Waals surface area contributed by atoms with Gasteiger partial charge < -0.3 is 11.1 Å². The third-order valence-corrected chi connectivity index (χ3v) is 4.16. The number of halogens is 2. The Balaban J connectivity index is 2.01. The summed E-state index contributed by atoms with van der Waals surface area (Å²) in [5, 5.41) is 6.27. The van der Waals surface area contributed by atoms with Crippen LogP contribution >= 0.6 is 22.7 Å². The summed E-state index contributed by atoms with van der Waals surface area (Å²) in [4.78, 5) is 16.7. The Morgan fingerprint density at radius 2 is 2.26 bits per heavy atom. The molecule has 8 heteroatoms. The molecule has 0 aliphatic rings. The molecule has 2 heterocycles. The molecule has 19 heavy (non-hydrogen) atoms. The highest BCUT2D eigenvalue weighted by Gasteiger charge is 2.27. The monoisotopic (exact) mass is 303 g/mol. The molecule has 0 saturated carbocycles. The minimum Gasteiger partial charge on any atom is -0.345 e. The Kier molecular flexibility index (Phi) is 4.23. The Morgan fingerprint density at radius 1 is 1.47 bits per heavy atom. The quantitative estimate of drug-likeness (QED) is 0.889. The number of nitrogens with two attached hydrogens (primary N) is 1. The fourth-order valence-electron chi connectivity index (χ4n) is 1.26. The van der Waals surface area contributed by atoms with Gasteiger partial charge in [0.2, 0.25) is 0 Å². The number of amides is 1. The number of aromatic nitrogens is 1. The van der Waals surface area contributed by atoms with Gasteiger partial charge in [0, 0.05) is 5.38 Å². The topological polar surface area (TPSA) is 68.0 Å². The molecule has 0 aromatic carbocycles. The maximum atomic E-state index is 12.9. The largest absolute Gasteiger partial charge is 0.345 e. The number of rotatable bonds is 5. The van der Waals surface area contributed by atoms with Crippen molar-refractivity contribution < 1.29 is 13.6 Å². The number of nitrogens with one attached hydrogen (secondary N) is 1. The zero-order valence-corrected chi connectivity index (χ0v) is 11.4. The fraction of sp³-hybridized carbons (Fsp3) is 0.273. The van der Waals surface area contributed by atoms with Crippen molar-refractivity contribution in [3.8, 4) is 9.88 Å². The van der Waals surface area contributed by atoms with E-state index in [-0.39, 0.29) is 5.69 Å². The highest BCUT2D eigenvalue weighted by molar-refractivity contribution is 7.20. The van der Waals surface area contributed by atoms with Crippen molar-refractivity contribution >= 4 is 28.6 Å². The van der Waals surface area contributed by atoms with E-state index in [2.05, 4.69) is 10.3 Å². The zero-order valence-electron chi connectivity index (χ0n) is 9.73. The van der Waals surface area contributed by atoms with Gasteiger partial charge in [-0.25, -0.2) is 13.8 Å². The zero-order chi connectivity index (χ0) is 13.9. The van der Waals surface area contributed by atoms with Crippen molar-refractivity contribution in [3.05, 3.63) is 28.6 Å². The molecule has 0 unspecified atom stereocenters. The highest BCUT2D eigenvalue weighted by Crippen LogP contribution is 2.27. The van der Waals surface area contributed by atoms with Crippen LogP contribution in [0.15, 0.2) is 22.9 Å². The molecule has 0 spiro atoms. The van der Waals surface area contributed by atoms with Gasteiger partial charge in [-0.15, -0.1) is 22.7 Å². The van der Waals surface area contributed by atoms with Crippen LogP contribution in [-0.2, 0) is 0 Å². The molecule has 0 aliphatic carbocycles. The van der Waals surface area contributed by atoms with Crippen LogP contribution in [0, 0.1) is 0 Å². The van der Waals surface area contributed by atoms with Crippen LogP contribution in [0.5, 0.6) is 0 Å². The van der Waals surface area contributed by atoms with E-state index in [1.54, 1.807) is 5.38 Å². The minimum atomic E-state index is -3.09. The second-order valence-electron chi connectivity index (χ2n) is 3.76. The molecule has 0 fully saturated rings. The predicted octanol–water partition coefficient (Wildman–Crippen LogP) is 2.20. The first-order valence-electron chi connectivity index (χ1n) is 5.37. The predicted molar refractivity (Wildman–Crippen MR) is 71.8 cm³/mol. The van der Waals surface area contributed by atoms with Crippen molar-refractivity contribution in [2.45, 2.75) is 5.92 Å². The number of hydrogen-bond donors (Lipinski definition) is 2. The number of hydrogen-bond acceptors (Lipinski definition) is 5. The van der Waals surface area contributed by atoms with E-state index in [0.717, 1.165) is 4.88 Å². The van der Waals surface area contributed by atoms with Crippen molar-refractivity contribution in [1.29, 1.82) is 0 Å². The lowest BCUT2D eigenvalue weighted by Gasteiger charge is -2.13. The third kappa shape index (κ3) is 3.55. The molecule has 0 saturated heterocycles. The van der Waals surface area contributed by atoms with Crippen LogP contribution < -0.4 is 11.1 Å². The Morgan fingerprint density at radius 3 is 2.89 bits per heavy atom. The molecule has 0 bridgehead atoms. The molecule has 2 aromatic rings. The van der Waals surface area contributed by atoms with Gasteiger partial charge in [0.05, 0.1) is 18.0 Å². The number of carbonyl (C=O) groups excluding carboxylic acids is 1. The van der Waals surface area contributed by atoms with E-state index in [1.165, 1.54) is 22.7 Å². The van der Waals surface area contributed by atoms with E-state index in [0.29, 0.717) is 5.01 Å². The Bertz CT molecular complexity index is 554. The van der Waals surface area contributed by atoms with Gasteiger partial charge in [-0.2, -0.15) is 0 Å². The van der Waals surface area contributed by atoms with Crippen molar-refractivity contribution in [1.82, 2.24) is 10.3 Å². The molecular formula is C11H11F2N3OS2. The number of carbonyl (C=O) groups is 1. The fourth-order valence-corrected chi connectivity index (χ4v) is 2.88. The van der Waals surface area contributed by atoms with Gasteiger partial charge in [0.15, 0.2) is 0 Å². The lowest BCUT2D eigenvalue weighted by molar-refractivity contribution is 0.0118. The molecule has 4 nitrogen and oxygen atoms in total. The van der Waals surface area contributed by atoms with E-state index < -0.39 is 24.9 Å². The Hall–Kier alpha value is -1.38. The van der Waals surface area contributed by atoms with Gasteiger partial charge in [0.25, 0.3) is 11.8 Å². The average molecular weight is 303 g/mol. The van der Waals surface area contributed by atoms with Gasteiger partial charge in [-0.3, -0.25) is 4.79 Å². The van der Waals surface area contributed by atoms with Crippen LogP contribution in [0.3, 0.4) is 0 Å².